The van der Waals surface area contributed by atoms with Crippen LogP contribution in [0.4, 0.5) is 5.69 Å². The van der Waals surface area contributed by atoms with Gasteiger partial charge in [-0.15, -0.1) is 0 Å². The van der Waals surface area contributed by atoms with Gasteiger partial charge >= 0.3 is 0 Å². The van der Waals surface area contributed by atoms with Gasteiger partial charge in [0.1, 0.15) is 0 Å². The summed E-state index contributed by atoms with van der Waals surface area (Å²) < 4.78 is 1.13. The van der Waals surface area contributed by atoms with Crippen LogP contribution in [0.3, 0.4) is 0 Å². The molecule has 0 saturated heterocycles. The van der Waals surface area contributed by atoms with E-state index < -0.39 is 0 Å². The van der Waals surface area contributed by atoms with Gasteiger partial charge in [0.25, 0.3) is 0 Å². The average molecular weight is 313 g/mol. The Labute approximate surface area is 120 Å². The zero-order valence-corrected chi connectivity index (χ0v) is 13.9. The highest BCUT2D eigenvalue weighted by Crippen LogP contribution is 2.25. The highest BCUT2D eigenvalue weighted by atomic mass is 79.9. The van der Waals surface area contributed by atoms with Crippen molar-refractivity contribution in [3.05, 3.63) is 28.2 Å². The van der Waals surface area contributed by atoms with Gasteiger partial charge < -0.3 is 10.2 Å². The van der Waals surface area contributed by atoms with Crippen molar-refractivity contribution in [2.45, 2.75) is 52.7 Å². The Balaban J connectivity index is 2.97. The fraction of sp³-hybridized carbons (Fsp3) is 0.600. The summed E-state index contributed by atoms with van der Waals surface area (Å²) in [6.07, 6.45) is 0. The van der Waals surface area contributed by atoms with Crippen molar-refractivity contribution in [2.24, 2.45) is 0 Å². The van der Waals surface area contributed by atoms with Crippen LogP contribution in [0.15, 0.2) is 22.7 Å². The summed E-state index contributed by atoms with van der Waals surface area (Å²) in [7, 11) is 2.15. The Hall–Kier alpha value is -0.540. The van der Waals surface area contributed by atoms with Crippen molar-refractivity contribution in [3.8, 4) is 0 Å². The maximum atomic E-state index is 3.56. The van der Waals surface area contributed by atoms with Crippen LogP contribution in [0.5, 0.6) is 0 Å². The van der Waals surface area contributed by atoms with E-state index in [-0.39, 0.29) is 5.54 Å². The third kappa shape index (κ3) is 4.62. The fourth-order valence-corrected chi connectivity index (χ4v) is 2.09. The molecule has 1 aromatic carbocycles. The summed E-state index contributed by atoms with van der Waals surface area (Å²) in [5, 5.41) is 3.55. The van der Waals surface area contributed by atoms with Crippen molar-refractivity contribution in [3.63, 3.8) is 0 Å². The zero-order valence-electron chi connectivity index (χ0n) is 12.3. The molecule has 0 aromatic heterocycles. The first-order valence-corrected chi connectivity index (χ1v) is 7.26. The molecule has 0 aliphatic rings. The number of anilines is 1. The summed E-state index contributed by atoms with van der Waals surface area (Å²) in [6, 6.07) is 6.99. The molecule has 3 heteroatoms. The molecule has 0 atom stereocenters. The Bertz CT molecular complexity index is 394. The van der Waals surface area contributed by atoms with Gasteiger partial charge in [0.15, 0.2) is 0 Å². The molecule has 1 N–H and O–H groups in total. The first-order valence-electron chi connectivity index (χ1n) is 6.47. The predicted molar refractivity (Wildman–Crippen MR) is 84.3 cm³/mol. The highest BCUT2D eigenvalue weighted by molar-refractivity contribution is 9.10. The van der Waals surface area contributed by atoms with Gasteiger partial charge in [0.05, 0.1) is 0 Å². The smallest absolute Gasteiger partial charge is 0.0412 e. The number of benzene rings is 1. The normalized spacial score (nSPS) is 12.0. The molecule has 0 saturated carbocycles. The van der Waals surface area contributed by atoms with E-state index in [4.69, 9.17) is 0 Å². The highest BCUT2D eigenvalue weighted by Gasteiger charge is 2.14. The number of hydrogen-bond acceptors (Lipinski definition) is 2. The van der Waals surface area contributed by atoms with Crippen LogP contribution in [0, 0.1) is 0 Å². The second kappa shape index (κ2) is 6.07. The lowest BCUT2D eigenvalue weighted by Crippen LogP contribution is -2.36. The number of rotatable bonds is 4. The van der Waals surface area contributed by atoms with Crippen LogP contribution in [0.25, 0.3) is 0 Å². The van der Waals surface area contributed by atoms with E-state index in [1.807, 2.05) is 0 Å². The molecule has 0 heterocycles. The molecule has 0 spiro atoms. The predicted octanol–water partition coefficient (Wildman–Crippen LogP) is 4.18. The molecule has 1 rings (SSSR count). The molecule has 0 radical (unpaired) electrons. The quantitative estimate of drug-likeness (QED) is 0.897. The Morgan fingerprint density at radius 3 is 2.39 bits per heavy atom. The first kappa shape index (κ1) is 15.5. The Kier molecular flexibility index (Phi) is 5.23. The minimum absolute atomic E-state index is 0.135. The minimum Gasteiger partial charge on any atom is -0.372 e. The first-order chi connectivity index (χ1) is 8.20. The molecule has 18 heavy (non-hydrogen) atoms. The van der Waals surface area contributed by atoms with Crippen LogP contribution in [0.2, 0.25) is 0 Å². The standard InChI is InChI=1S/C15H25BrN2/c1-11(2)18(6)14-8-7-13(16)9-12(14)10-17-15(3,4)5/h7-9,11,17H,10H2,1-6H3. The molecule has 2 nitrogen and oxygen atoms in total. The molecule has 0 unspecified atom stereocenters. The van der Waals surface area contributed by atoms with E-state index in [1.54, 1.807) is 0 Å². The number of hydrogen-bond donors (Lipinski definition) is 1. The van der Waals surface area contributed by atoms with Crippen LogP contribution in [-0.2, 0) is 6.54 Å². The molecule has 0 aliphatic carbocycles. The van der Waals surface area contributed by atoms with Gasteiger partial charge in [0.2, 0.25) is 0 Å². The maximum Gasteiger partial charge on any atom is 0.0412 e. The van der Waals surface area contributed by atoms with E-state index in [9.17, 15) is 0 Å². The van der Waals surface area contributed by atoms with Crippen LogP contribution in [-0.4, -0.2) is 18.6 Å². The number of nitrogens with zero attached hydrogens (tertiary/aromatic N) is 1. The lowest BCUT2D eigenvalue weighted by molar-refractivity contribution is 0.424. The molecular formula is C15H25BrN2. The van der Waals surface area contributed by atoms with E-state index >= 15 is 0 Å². The molecule has 0 amide bonds. The van der Waals surface area contributed by atoms with E-state index in [2.05, 4.69) is 86.0 Å². The third-order valence-corrected chi connectivity index (χ3v) is 3.50. The minimum atomic E-state index is 0.135. The topological polar surface area (TPSA) is 15.3 Å². The van der Waals surface area contributed by atoms with E-state index in [0.29, 0.717) is 6.04 Å². The maximum absolute atomic E-state index is 3.56. The SMILES string of the molecule is CC(C)N(C)c1ccc(Br)cc1CNC(C)(C)C. The molecular weight excluding hydrogens is 288 g/mol. The molecule has 0 bridgehead atoms. The van der Waals surface area contributed by atoms with Crippen molar-refractivity contribution in [2.75, 3.05) is 11.9 Å². The van der Waals surface area contributed by atoms with Gasteiger partial charge in [-0.1, -0.05) is 15.9 Å². The fourth-order valence-electron chi connectivity index (χ4n) is 1.68. The van der Waals surface area contributed by atoms with Gasteiger partial charge in [-0.25, -0.2) is 0 Å². The second-order valence-electron chi connectivity index (χ2n) is 6.08. The van der Waals surface area contributed by atoms with Crippen LogP contribution in [0.1, 0.15) is 40.2 Å². The Morgan fingerprint density at radius 2 is 1.89 bits per heavy atom. The van der Waals surface area contributed by atoms with Crippen LogP contribution < -0.4 is 10.2 Å². The lowest BCUT2D eigenvalue weighted by atomic mass is 10.1. The molecule has 102 valence electrons. The second-order valence-corrected chi connectivity index (χ2v) is 7.00. The largest absolute Gasteiger partial charge is 0.372 e. The van der Waals surface area contributed by atoms with Crippen molar-refractivity contribution < 1.29 is 0 Å². The van der Waals surface area contributed by atoms with Crippen molar-refractivity contribution in [1.29, 1.82) is 0 Å². The zero-order chi connectivity index (χ0) is 13.9. The van der Waals surface area contributed by atoms with Crippen molar-refractivity contribution in [1.82, 2.24) is 5.32 Å². The van der Waals surface area contributed by atoms with E-state index in [0.717, 1.165) is 11.0 Å². The summed E-state index contributed by atoms with van der Waals surface area (Å²) in [5.74, 6) is 0. The average Bonchev–Trinajstić information content (AvgIpc) is 2.24. The summed E-state index contributed by atoms with van der Waals surface area (Å²) in [6.45, 7) is 11.9. The van der Waals surface area contributed by atoms with Crippen molar-refractivity contribution >= 4 is 21.6 Å². The summed E-state index contributed by atoms with van der Waals surface area (Å²) >= 11 is 3.56. The molecule has 0 fully saturated rings. The van der Waals surface area contributed by atoms with Gasteiger partial charge in [-0.05, 0) is 58.4 Å². The third-order valence-electron chi connectivity index (χ3n) is 3.01. The van der Waals surface area contributed by atoms with Gasteiger partial charge in [-0.3, -0.25) is 0 Å². The van der Waals surface area contributed by atoms with Gasteiger partial charge in [-0.2, -0.15) is 0 Å². The van der Waals surface area contributed by atoms with E-state index in [1.165, 1.54) is 11.3 Å². The number of halogens is 1. The van der Waals surface area contributed by atoms with Gasteiger partial charge in [0, 0.05) is 35.3 Å². The monoisotopic (exact) mass is 312 g/mol. The molecule has 1 aromatic rings. The van der Waals surface area contributed by atoms with Crippen LogP contribution >= 0.6 is 15.9 Å². The number of nitrogens with one attached hydrogen (secondary N) is 1. The Morgan fingerprint density at radius 1 is 1.28 bits per heavy atom. The lowest BCUT2D eigenvalue weighted by Gasteiger charge is -2.28. The summed E-state index contributed by atoms with van der Waals surface area (Å²) in [4.78, 5) is 2.31. The summed E-state index contributed by atoms with van der Waals surface area (Å²) in [5.41, 5.74) is 2.76. The molecule has 0 aliphatic heterocycles.